The van der Waals surface area contributed by atoms with Crippen molar-refractivity contribution in [2.24, 2.45) is 5.10 Å². The van der Waals surface area contributed by atoms with E-state index in [4.69, 9.17) is 27.9 Å². The number of halogens is 2. The molecule has 186 valence electrons. The van der Waals surface area contributed by atoms with Crippen molar-refractivity contribution in [3.05, 3.63) is 112 Å². The lowest BCUT2D eigenvalue weighted by Crippen LogP contribution is -2.23. The van der Waals surface area contributed by atoms with Gasteiger partial charge in [0, 0.05) is 37.4 Å². The largest absolute Gasteiger partial charge is 0.491 e. The molecule has 0 spiro atoms. The zero-order chi connectivity index (χ0) is 25.8. The first-order valence-corrected chi connectivity index (χ1v) is 12.4. The Hall–Kier alpha value is -3.84. The Morgan fingerprint density at radius 3 is 2.16 bits per heavy atom. The number of rotatable bonds is 8. The SMILES string of the molecule is O=C(N/N=C/c1ccc(OCC(O)Cn2c3ccc(Cl)cc3c3cc(Cl)ccc32)cc1)c1ccccc1. The standard InChI is InChI=1S/C29H23Cl2N3O3/c30-21-8-12-27-25(14-21)26-15-22(31)9-13-28(26)34(27)17-23(35)18-37-24-10-6-19(7-11-24)16-32-33-29(36)20-4-2-1-3-5-20/h1-16,23,35H,17-18H2,(H,33,36)/b32-16+. The quantitative estimate of drug-likeness (QED) is 0.182. The summed E-state index contributed by atoms with van der Waals surface area (Å²) in [6.07, 6.45) is 0.805. The molecule has 1 heterocycles. The maximum atomic E-state index is 12.0. The fraction of sp³-hybridized carbons (Fsp3) is 0.103. The van der Waals surface area contributed by atoms with Crippen molar-refractivity contribution < 1.29 is 14.6 Å². The van der Waals surface area contributed by atoms with E-state index < -0.39 is 6.10 Å². The van der Waals surface area contributed by atoms with Gasteiger partial charge in [0.25, 0.3) is 5.91 Å². The second-order valence-corrected chi connectivity index (χ2v) is 9.41. The molecule has 0 saturated carbocycles. The Kier molecular flexibility index (Phi) is 7.42. The van der Waals surface area contributed by atoms with Crippen molar-refractivity contribution in [3.63, 3.8) is 0 Å². The highest BCUT2D eigenvalue weighted by Gasteiger charge is 2.15. The monoisotopic (exact) mass is 531 g/mol. The fourth-order valence-corrected chi connectivity index (χ4v) is 4.51. The number of benzene rings is 4. The highest BCUT2D eigenvalue weighted by molar-refractivity contribution is 6.33. The van der Waals surface area contributed by atoms with Crippen molar-refractivity contribution in [1.82, 2.24) is 9.99 Å². The van der Waals surface area contributed by atoms with Crippen LogP contribution in [-0.2, 0) is 6.54 Å². The summed E-state index contributed by atoms with van der Waals surface area (Å²) in [5, 5.41) is 18.0. The van der Waals surface area contributed by atoms with Crippen molar-refractivity contribution >= 4 is 57.1 Å². The number of ether oxygens (including phenoxy) is 1. The smallest absolute Gasteiger partial charge is 0.271 e. The Bertz CT molecular complexity index is 1520. The second kappa shape index (κ2) is 11.0. The number of nitrogens with one attached hydrogen (secondary N) is 1. The van der Waals surface area contributed by atoms with E-state index in [0.29, 0.717) is 27.9 Å². The molecule has 1 amide bonds. The maximum absolute atomic E-state index is 12.0. The van der Waals surface area contributed by atoms with Gasteiger partial charge in [-0.05, 0) is 78.4 Å². The molecule has 5 rings (SSSR count). The van der Waals surface area contributed by atoms with Gasteiger partial charge in [0.15, 0.2) is 0 Å². The number of hydrogen-bond acceptors (Lipinski definition) is 4. The third-order valence-corrected chi connectivity index (χ3v) is 6.39. The molecule has 8 heteroatoms. The number of hydrazone groups is 1. The third kappa shape index (κ3) is 5.78. The number of fused-ring (bicyclic) bond motifs is 3. The van der Waals surface area contributed by atoms with Gasteiger partial charge in [-0.25, -0.2) is 5.43 Å². The molecule has 6 nitrogen and oxygen atoms in total. The molecule has 0 fully saturated rings. The normalized spacial score (nSPS) is 12.3. The average molecular weight is 532 g/mol. The molecule has 0 aliphatic carbocycles. The van der Waals surface area contributed by atoms with Gasteiger partial charge in [-0.1, -0.05) is 41.4 Å². The topological polar surface area (TPSA) is 75.8 Å². The van der Waals surface area contributed by atoms with Crippen LogP contribution >= 0.6 is 23.2 Å². The van der Waals surface area contributed by atoms with Crippen LogP contribution in [0.4, 0.5) is 0 Å². The van der Waals surface area contributed by atoms with Gasteiger partial charge in [-0.15, -0.1) is 0 Å². The van der Waals surface area contributed by atoms with E-state index in [2.05, 4.69) is 15.1 Å². The summed E-state index contributed by atoms with van der Waals surface area (Å²) in [4.78, 5) is 12.0. The van der Waals surface area contributed by atoms with Crippen LogP contribution in [0.1, 0.15) is 15.9 Å². The highest BCUT2D eigenvalue weighted by atomic mass is 35.5. The summed E-state index contributed by atoms with van der Waals surface area (Å²) in [7, 11) is 0. The Morgan fingerprint density at radius 2 is 1.54 bits per heavy atom. The van der Waals surface area contributed by atoms with Crippen molar-refractivity contribution in [3.8, 4) is 5.75 Å². The number of aliphatic hydroxyl groups excluding tert-OH is 1. The number of carbonyl (C=O) groups excluding carboxylic acids is 1. The van der Waals surface area contributed by atoms with Crippen LogP contribution in [0.15, 0.2) is 96.1 Å². The van der Waals surface area contributed by atoms with Gasteiger partial charge < -0.3 is 14.4 Å². The summed E-state index contributed by atoms with van der Waals surface area (Å²) in [6, 6.07) is 27.5. The Balaban J connectivity index is 1.21. The zero-order valence-electron chi connectivity index (χ0n) is 19.6. The minimum Gasteiger partial charge on any atom is -0.491 e. The molecule has 2 N–H and O–H groups in total. The maximum Gasteiger partial charge on any atom is 0.271 e. The van der Waals surface area contributed by atoms with Crippen LogP contribution in [0.3, 0.4) is 0 Å². The molecular weight excluding hydrogens is 509 g/mol. The molecule has 0 aliphatic rings. The van der Waals surface area contributed by atoms with Crippen LogP contribution in [0.2, 0.25) is 10.0 Å². The second-order valence-electron chi connectivity index (χ2n) is 8.53. The molecule has 0 aliphatic heterocycles. The van der Waals surface area contributed by atoms with Crippen LogP contribution < -0.4 is 10.2 Å². The minimum atomic E-state index is -0.750. The van der Waals surface area contributed by atoms with E-state index >= 15 is 0 Å². The first kappa shape index (κ1) is 24.8. The molecular formula is C29H23Cl2N3O3. The van der Waals surface area contributed by atoms with E-state index in [1.807, 2.05) is 54.6 Å². The van der Waals surface area contributed by atoms with E-state index in [0.717, 1.165) is 27.4 Å². The number of amides is 1. The predicted molar refractivity (Wildman–Crippen MR) is 149 cm³/mol. The molecule has 1 aromatic heterocycles. The van der Waals surface area contributed by atoms with Gasteiger partial charge >= 0.3 is 0 Å². The minimum absolute atomic E-state index is 0.114. The van der Waals surface area contributed by atoms with E-state index in [1.165, 1.54) is 0 Å². The van der Waals surface area contributed by atoms with Gasteiger partial charge in [0.05, 0.1) is 12.8 Å². The summed E-state index contributed by atoms with van der Waals surface area (Å²) >= 11 is 12.5. The zero-order valence-corrected chi connectivity index (χ0v) is 21.2. The molecule has 1 unspecified atom stereocenters. The molecule has 1 atom stereocenters. The van der Waals surface area contributed by atoms with Crippen LogP contribution in [-0.4, -0.2) is 34.5 Å². The molecule has 0 saturated heterocycles. The summed E-state index contributed by atoms with van der Waals surface area (Å²) in [5.74, 6) is 0.338. The highest BCUT2D eigenvalue weighted by Crippen LogP contribution is 2.33. The summed E-state index contributed by atoms with van der Waals surface area (Å²) in [5.41, 5.74) is 5.76. The summed E-state index contributed by atoms with van der Waals surface area (Å²) < 4.78 is 7.86. The van der Waals surface area contributed by atoms with Crippen molar-refractivity contribution in [1.29, 1.82) is 0 Å². The number of carbonyl (C=O) groups is 1. The Morgan fingerprint density at radius 1 is 0.919 bits per heavy atom. The predicted octanol–water partition coefficient (Wildman–Crippen LogP) is 6.31. The van der Waals surface area contributed by atoms with Crippen LogP contribution in [0.25, 0.3) is 21.8 Å². The molecule has 4 aromatic carbocycles. The van der Waals surface area contributed by atoms with Crippen molar-refractivity contribution in [2.45, 2.75) is 12.6 Å². The summed E-state index contributed by atoms with van der Waals surface area (Å²) in [6.45, 7) is 0.456. The van der Waals surface area contributed by atoms with E-state index in [-0.39, 0.29) is 12.5 Å². The molecule has 0 bridgehead atoms. The number of aromatic nitrogens is 1. The lowest BCUT2D eigenvalue weighted by Gasteiger charge is -2.15. The first-order valence-electron chi connectivity index (χ1n) is 11.6. The van der Waals surface area contributed by atoms with Crippen molar-refractivity contribution in [2.75, 3.05) is 6.61 Å². The first-order chi connectivity index (χ1) is 18.0. The van der Waals surface area contributed by atoms with Crippen LogP contribution in [0.5, 0.6) is 5.75 Å². The van der Waals surface area contributed by atoms with E-state index in [1.54, 1.807) is 42.6 Å². The molecule has 37 heavy (non-hydrogen) atoms. The number of aliphatic hydroxyl groups is 1. The van der Waals surface area contributed by atoms with Gasteiger partial charge in [0.2, 0.25) is 0 Å². The Labute approximate surface area is 223 Å². The van der Waals surface area contributed by atoms with Gasteiger partial charge in [0.1, 0.15) is 18.5 Å². The lowest BCUT2D eigenvalue weighted by atomic mass is 10.1. The molecule has 0 radical (unpaired) electrons. The fourth-order valence-electron chi connectivity index (χ4n) is 4.17. The van der Waals surface area contributed by atoms with Gasteiger partial charge in [-0.3, -0.25) is 4.79 Å². The number of hydrogen-bond donors (Lipinski definition) is 2. The third-order valence-electron chi connectivity index (χ3n) is 5.92. The van der Waals surface area contributed by atoms with E-state index in [9.17, 15) is 9.90 Å². The number of nitrogens with zero attached hydrogens (tertiary/aromatic N) is 2. The van der Waals surface area contributed by atoms with Crippen LogP contribution in [0, 0.1) is 0 Å². The lowest BCUT2D eigenvalue weighted by molar-refractivity contribution is 0.0944. The average Bonchev–Trinajstić information content (AvgIpc) is 3.20. The molecule has 5 aromatic rings. The van der Waals surface area contributed by atoms with Gasteiger partial charge in [-0.2, -0.15) is 5.10 Å².